The maximum Gasteiger partial charge on any atom is 0.287 e. The molecule has 3 rings (SSSR count). The number of carbonyl (C=O) groups is 3. The standard InChI is InChI=1S/C23H30N8O5/c1-27(2)7-6-8-28(3)21(32)18-9-15(12-24-18)29(4)22(33)19-10-16(13-25-19)30(5)23(34)20-11-17(14-26-20)31(35)36/h9-14,24-26H,6-8H2,1-5H3. The summed E-state index contributed by atoms with van der Waals surface area (Å²) in [6.45, 7) is 1.47. The fraction of sp³-hybridized carbons (Fsp3) is 0.348. The summed E-state index contributed by atoms with van der Waals surface area (Å²) in [5.41, 5.74) is 1.32. The van der Waals surface area contributed by atoms with Crippen LogP contribution in [-0.2, 0) is 0 Å². The Labute approximate surface area is 207 Å². The molecule has 3 N–H and O–H groups in total. The topological polar surface area (TPSA) is 155 Å². The molecule has 3 aromatic rings. The third-order valence-corrected chi connectivity index (χ3v) is 5.73. The molecule has 192 valence electrons. The lowest BCUT2D eigenvalue weighted by Gasteiger charge is -2.18. The molecular weight excluding hydrogens is 468 g/mol. The first-order chi connectivity index (χ1) is 17.0. The van der Waals surface area contributed by atoms with Crippen LogP contribution in [0.15, 0.2) is 36.8 Å². The molecule has 0 aliphatic rings. The van der Waals surface area contributed by atoms with Crippen molar-refractivity contribution in [1.29, 1.82) is 0 Å². The highest BCUT2D eigenvalue weighted by Crippen LogP contribution is 2.22. The molecule has 0 bridgehead atoms. The van der Waals surface area contributed by atoms with Gasteiger partial charge in [-0.25, -0.2) is 0 Å². The molecular formula is C23H30N8O5. The second kappa shape index (κ2) is 10.9. The van der Waals surface area contributed by atoms with Crippen molar-refractivity contribution in [2.75, 3.05) is 58.1 Å². The molecule has 3 aromatic heterocycles. The van der Waals surface area contributed by atoms with Crippen LogP contribution in [0.3, 0.4) is 0 Å². The zero-order valence-electron chi connectivity index (χ0n) is 20.9. The molecule has 3 amide bonds. The summed E-state index contributed by atoms with van der Waals surface area (Å²) in [5.74, 6) is -1.06. The van der Waals surface area contributed by atoms with E-state index in [-0.39, 0.29) is 28.9 Å². The number of carbonyl (C=O) groups excluding carboxylic acids is 3. The Hall–Kier alpha value is -4.39. The zero-order valence-corrected chi connectivity index (χ0v) is 20.9. The first-order valence-corrected chi connectivity index (χ1v) is 11.2. The lowest BCUT2D eigenvalue weighted by molar-refractivity contribution is -0.384. The predicted octanol–water partition coefficient (Wildman–Crippen LogP) is 2.16. The molecule has 0 saturated carbocycles. The van der Waals surface area contributed by atoms with Gasteiger partial charge in [0.05, 0.1) is 22.5 Å². The van der Waals surface area contributed by atoms with Crippen molar-refractivity contribution in [2.24, 2.45) is 0 Å². The van der Waals surface area contributed by atoms with E-state index in [1.165, 1.54) is 29.1 Å². The molecule has 0 unspecified atom stereocenters. The van der Waals surface area contributed by atoms with Crippen LogP contribution in [0.4, 0.5) is 17.1 Å². The maximum absolute atomic E-state index is 13.0. The number of nitrogens with one attached hydrogen (secondary N) is 3. The van der Waals surface area contributed by atoms with E-state index in [9.17, 15) is 24.5 Å². The van der Waals surface area contributed by atoms with Crippen molar-refractivity contribution >= 4 is 34.8 Å². The molecule has 0 atom stereocenters. The van der Waals surface area contributed by atoms with Gasteiger partial charge in [-0.15, -0.1) is 0 Å². The van der Waals surface area contributed by atoms with Crippen LogP contribution in [0.25, 0.3) is 0 Å². The van der Waals surface area contributed by atoms with Gasteiger partial charge in [0.1, 0.15) is 17.1 Å². The average molecular weight is 499 g/mol. The SMILES string of the molecule is CN(C)CCCN(C)C(=O)c1cc(N(C)C(=O)c2cc(N(C)C(=O)c3cc([N+](=O)[O-])c[nH]3)c[nH]2)c[nH]1. The summed E-state index contributed by atoms with van der Waals surface area (Å²) in [7, 11) is 8.76. The third kappa shape index (κ3) is 5.81. The summed E-state index contributed by atoms with van der Waals surface area (Å²) < 4.78 is 0. The Morgan fingerprint density at radius 3 is 1.69 bits per heavy atom. The normalized spacial score (nSPS) is 10.9. The number of nitrogens with zero attached hydrogens (tertiary/aromatic N) is 5. The maximum atomic E-state index is 13.0. The molecule has 36 heavy (non-hydrogen) atoms. The molecule has 0 aliphatic carbocycles. The van der Waals surface area contributed by atoms with Crippen LogP contribution < -0.4 is 9.80 Å². The highest BCUT2D eigenvalue weighted by molar-refractivity contribution is 6.08. The largest absolute Gasteiger partial charge is 0.355 e. The Kier molecular flexibility index (Phi) is 7.94. The van der Waals surface area contributed by atoms with Gasteiger partial charge in [0, 0.05) is 46.1 Å². The Bertz CT molecular complexity index is 1260. The second-order valence-corrected chi connectivity index (χ2v) is 8.68. The minimum Gasteiger partial charge on any atom is -0.355 e. The summed E-state index contributed by atoms with van der Waals surface area (Å²) >= 11 is 0. The highest BCUT2D eigenvalue weighted by atomic mass is 16.6. The van der Waals surface area contributed by atoms with E-state index in [2.05, 4.69) is 19.9 Å². The van der Waals surface area contributed by atoms with Gasteiger partial charge in [0.2, 0.25) is 0 Å². The van der Waals surface area contributed by atoms with E-state index in [4.69, 9.17) is 0 Å². The molecule has 13 nitrogen and oxygen atoms in total. The average Bonchev–Trinajstić information content (AvgIpc) is 3.61. The van der Waals surface area contributed by atoms with Crippen LogP contribution in [0.1, 0.15) is 37.9 Å². The molecule has 0 fully saturated rings. The fourth-order valence-corrected chi connectivity index (χ4v) is 3.54. The molecule has 0 saturated heterocycles. The van der Waals surface area contributed by atoms with Crippen molar-refractivity contribution < 1.29 is 19.3 Å². The van der Waals surface area contributed by atoms with E-state index >= 15 is 0 Å². The minimum absolute atomic E-state index is 0.0478. The first kappa shape index (κ1) is 26.2. The van der Waals surface area contributed by atoms with Gasteiger partial charge < -0.3 is 34.6 Å². The van der Waals surface area contributed by atoms with Gasteiger partial charge in [-0.05, 0) is 39.2 Å². The van der Waals surface area contributed by atoms with Gasteiger partial charge >= 0.3 is 0 Å². The van der Waals surface area contributed by atoms with Crippen LogP contribution in [0.2, 0.25) is 0 Å². The smallest absolute Gasteiger partial charge is 0.287 e. The number of rotatable bonds is 10. The van der Waals surface area contributed by atoms with E-state index in [1.807, 2.05) is 14.1 Å². The number of aromatic nitrogens is 3. The van der Waals surface area contributed by atoms with Crippen LogP contribution in [0.5, 0.6) is 0 Å². The Morgan fingerprint density at radius 1 is 0.750 bits per heavy atom. The first-order valence-electron chi connectivity index (χ1n) is 11.2. The molecule has 0 aromatic carbocycles. The van der Waals surface area contributed by atoms with E-state index in [0.29, 0.717) is 23.6 Å². The van der Waals surface area contributed by atoms with Gasteiger partial charge in [0.25, 0.3) is 23.4 Å². The van der Waals surface area contributed by atoms with Crippen molar-refractivity contribution in [1.82, 2.24) is 24.8 Å². The Balaban J connectivity index is 1.65. The van der Waals surface area contributed by atoms with E-state index in [1.54, 1.807) is 31.3 Å². The molecule has 3 heterocycles. The van der Waals surface area contributed by atoms with Crippen molar-refractivity contribution in [3.05, 3.63) is 64.0 Å². The van der Waals surface area contributed by atoms with Crippen molar-refractivity contribution in [3.63, 3.8) is 0 Å². The van der Waals surface area contributed by atoms with Gasteiger partial charge in [-0.2, -0.15) is 0 Å². The predicted molar refractivity (Wildman–Crippen MR) is 135 cm³/mol. The number of anilines is 2. The van der Waals surface area contributed by atoms with Gasteiger partial charge in [0.15, 0.2) is 0 Å². The van der Waals surface area contributed by atoms with Crippen LogP contribution >= 0.6 is 0 Å². The minimum atomic E-state index is -0.598. The summed E-state index contributed by atoms with van der Waals surface area (Å²) in [4.78, 5) is 63.3. The second-order valence-electron chi connectivity index (χ2n) is 8.68. The fourth-order valence-electron chi connectivity index (χ4n) is 3.54. The number of hydrogen-bond donors (Lipinski definition) is 3. The Morgan fingerprint density at radius 2 is 1.22 bits per heavy atom. The van der Waals surface area contributed by atoms with Gasteiger partial charge in [-0.3, -0.25) is 24.5 Å². The van der Waals surface area contributed by atoms with Crippen molar-refractivity contribution in [3.8, 4) is 0 Å². The third-order valence-electron chi connectivity index (χ3n) is 5.73. The summed E-state index contributed by atoms with van der Waals surface area (Å²) in [6.07, 6.45) is 5.05. The molecule has 0 spiro atoms. The molecule has 13 heteroatoms. The van der Waals surface area contributed by atoms with E-state index in [0.717, 1.165) is 25.2 Å². The quantitative estimate of drug-likeness (QED) is 0.287. The monoisotopic (exact) mass is 498 g/mol. The number of hydrogen-bond acceptors (Lipinski definition) is 6. The molecule has 0 aliphatic heterocycles. The zero-order chi connectivity index (χ0) is 26.6. The van der Waals surface area contributed by atoms with E-state index < -0.39 is 10.8 Å². The lowest BCUT2D eigenvalue weighted by atomic mass is 10.3. The lowest BCUT2D eigenvalue weighted by Crippen LogP contribution is -2.30. The van der Waals surface area contributed by atoms with Crippen LogP contribution in [-0.4, -0.2) is 95.7 Å². The number of nitro groups is 1. The summed E-state index contributed by atoms with van der Waals surface area (Å²) in [6, 6.07) is 4.27. The highest BCUT2D eigenvalue weighted by Gasteiger charge is 2.23. The summed E-state index contributed by atoms with van der Waals surface area (Å²) in [5, 5.41) is 10.9. The number of H-pyrrole nitrogens is 3. The molecule has 0 radical (unpaired) electrons. The van der Waals surface area contributed by atoms with Gasteiger partial charge in [-0.1, -0.05) is 0 Å². The number of amides is 3. The van der Waals surface area contributed by atoms with Crippen LogP contribution in [0, 0.1) is 10.1 Å². The number of aromatic amines is 3. The van der Waals surface area contributed by atoms with Crippen molar-refractivity contribution in [2.45, 2.75) is 6.42 Å².